The minimum absolute atomic E-state index is 0.00811. The zero-order chi connectivity index (χ0) is 17.9. The lowest BCUT2D eigenvalue weighted by Crippen LogP contribution is -2.19. The maximum absolute atomic E-state index is 12.3. The van der Waals surface area contributed by atoms with Gasteiger partial charge in [0, 0.05) is 12.3 Å². The maximum Gasteiger partial charge on any atom is 0.422 e. The molecule has 0 unspecified atom stereocenters. The number of rotatable bonds is 5. The number of nitrogens with two attached hydrogens (primary N) is 2. The Bertz CT molecular complexity index is 771. The second-order valence-corrected chi connectivity index (χ2v) is 4.87. The largest absolute Gasteiger partial charge is 0.478 e. The lowest BCUT2D eigenvalue weighted by atomic mass is 10.2. The molecule has 0 spiro atoms. The molecule has 2 aromatic heterocycles. The number of alkyl halides is 3. The van der Waals surface area contributed by atoms with E-state index in [9.17, 15) is 18.0 Å². The van der Waals surface area contributed by atoms with Gasteiger partial charge in [0.25, 0.3) is 11.8 Å². The SMILES string of the molecule is NC(=O)c1cc(N)ncc1Oc1ncc(Cl)cc1OCC(F)(F)F. The van der Waals surface area contributed by atoms with Crippen molar-refractivity contribution in [2.45, 2.75) is 6.18 Å². The van der Waals surface area contributed by atoms with Gasteiger partial charge in [0.1, 0.15) is 5.82 Å². The Kier molecular flexibility index (Phi) is 4.98. The number of ether oxygens (including phenoxy) is 2. The summed E-state index contributed by atoms with van der Waals surface area (Å²) >= 11 is 5.69. The molecule has 2 aromatic rings. The van der Waals surface area contributed by atoms with Crippen LogP contribution < -0.4 is 20.9 Å². The summed E-state index contributed by atoms with van der Waals surface area (Å²) in [5, 5.41) is 0.0325. The van der Waals surface area contributed by atoms with Crippen LogP contribution in [0.2, 0.25) is 5.02 Å². The Labute approximate surface area is 138 Å². The number of amides is 1. The molecule has 0 bridgehead atoms. The molecule has 0 radical (unpaired) electrons. The first-order valence-corrected chi connectivity index (χ1v) is 6.62. The lowest BCUT2D eigenvalue weighted by molar-refractivity contribution is -0.153. The monoisotopic (exact) mass is 362 g/mol. The number of carbonyl (C=O) groups excluding carboxylic acids is 1. The zero-order valence-corrected chi connectivity index (χ0v) is 12.6. The minimum atomic E-state index is -4.57. The van der Waals surface area contributed by atoms with Crippen LogP contribution in [0.25, 0.3) is 0 Å². The highest BCUT2D eigenvalue weighted by molar-refractivity contribution is 6.30. The summed E-state index contributed by atoms with van der Waals surface area (Å²) in [6.07, 6.45) is -2.36. The van der Waals surface area contributed by atoms with E-state index in [2.05, 4.69) is 14.7 Å². The van der Waals surface area contributed by atoms with E-state index in [0.29, 0.717) is 0 Å². The van der Waals surface area contributed by atoms with Crippen LogP contribution in [0.4, 0.5) is 19.0 Å². The minimum Gasteiger partial charge on any atom is -0.478 e. The van der Waals surface area contributed by atoms with Crippen molar-refractivity contribution in [3.63, 3.8) is 0 Å². The molecule has 2 rings (SSSR count). The number of aromatic nitrogens is 2. The Hall–Kier alpha value is -2.75. The van der Waals surface area contributed by atoms with Gasteiger partial charge in [-0.05, 0) is 6.07 Å². The Balaban J connectivity index is 2.35. The van der Waals surface area contributed by atoms with Crippen LogP contribution in [0.3, 0.4) is 0 Å². The van der Waals surface area contributed by atoms with Gasteiger partial charge >= 0.3 is 6.18 Å². The van der Waals surface area contributed by atoms with Crippen LogP contribution in [0.1, 0.15) is 10.4 Å². The predicted octanol–water partition coefficient (Wildman–Crippen LogP) is 2.54. The molecule has 0 saturated carbocycles. The fourth-order valence-electron chi connectivity index (χ4n) is 1.58. The van der Waals surface area contributed by atoms with E-state index in [-0.39, 0.29) is 33.8 Å². The van der Waals surface area contributed by atoms with Crippen LogP contribution >= 0.6 is 11.6 Å². The van der Waals surface area contributed by atoms with E-state index in [1.165, 1.54) is 0 Å². The number of hydrogen-bond donors (Lipinski definition) is 2. The molecular formula is C13H10ClF3N4O3. The molecule has 1 amide bonds. The van der Waals surface area contributed by atoms with Gasteiger partial charge in [0.15, 0.2) is 18.1 Å². The van der Waals surface area contributed by atoms with E-state index in [0.717, 1.165) is 24.5 Å². The lowest BCUT2D eigenvalue weighted by Gasteiger charge is -2.14. The van der Waals surface area contributed by atoms with Crippen molar-refractivity contribution in [2.24, 2.45) is 5.73 Å². The maximum atomic E-state index is 12.3. The third-order valence-corrected chi connectivity index (χ3v) is 2.74. The van der Waals surface area contributed by atoms with Crippen molar-refractivity contribution in [3.05, 3.63) is 35.1 Å². The third-order valence-electron chi connectivity index (χ3n) is 2.54. The fourth-order valence-corrected chi connectivity index (χ4v) is 1.73. The average molecular weight is 363 g/mol. The van der Waals surface area contributed by atoms with Crippen LogP contribution in [-0.4, -0.2) is 28.7 Å². The molecule has 0 aliphatic carbocycles. The van der Waals surface area contributed by atoms with Gasteiger partial charge in [-0.25, -0.2) is 9.97 Å². The molecule has 0 aliphatic rings. The highest BCUT2D eigenvalue weighted by Crippen LogP contribution is 2.34. The number of primary amides is 1. The van der Waals surface area contributed by atoms with Gasteiger partial charge in [-0.3, -0.25) is 4.79 Å². The Morgan fingerprint density at radius 3 is 2.54 bits per heavy atom. The van der Waals surface area contributed by atoms with Crippen LogP contribution in [-0.2, 0) is 0 Å². The van der Waals surface area contributed by atoms with Gasteiger partial charge in [0.05, 0.1) is 16.8 Å². The topological polar surface area (TPSA) is 113 Å². The molecule has 0 aliphatic heterocycles. The summed E-state index contributed by atoms with van der Waals surface area (Å²) in [7, 11) is 0. The summed E-state index contributed by atoms with van der Waals surface area (Å²) < 4.78 is 46.8. The molecule has 0 saturated heterocycles. The molecule has 0 atom stereocenters. The molecule has 24 heavy (non-hydrogen) atoms. The van der Waals surface area contributed by atoms with Crippen molar-refractivity contribution in [1.82, 2.24) is 9.97 Å². The molecule has 0 fully saturated rings. The predicted molar refractivity (Wildman–Crippen MR) is 78.0 cm³/mol. The molecule has 7 nitrogen and oxygen atoms in total. The number of nitrogen functional groups attached to an aromatic ring is 1. The first-order chi connectivity index (χ1) is 11.2. The summed E-state index contributed by atoms with van der Waals surface area (Å²) in [4.78, 5) is 18.9. The molecular weight excluding hydrogens is 353 g/mol. The van der Waals surface area contributed by atoms with Gasteiger partial charge in [0.2, 0.25) is 0 Å². The normalized spacial score (nSPS) is 11.2. The van der Waals surface area contributed by atoms with Gasteiger partial charge in [-0.2, -0.15) is 13.2 Å². The van der Waals surface area contributed by atoms with E-state index >= 15 is 0 Å². The smallest absolute Gasteiger partial charge is 0.422 e. The van der Waals surface area contributed by atoms with Crippen LogP contribution in [0.15, 0.2) is 24.5 Å². The average Bonchev–Trinajstić information content (AvgIpc) is 2.48. The summed E-state index contributed by atoms with van der Waals surface area (Å²) in [5.41, 5.74) is 10.5. The van der Waals surface area contributed by atoms with Gasteiger partial charge in [-0.15, -0.1) is 0 Å². The summed E-state index contributed by atoms with van der Waals surface area (Å²) in [6.45, 7) is -1.58. The number of carbonyl (C=O) groups is 1. The summed E-state index contributed by atoms with van der Waals surface area (Å²) in [5.74, 6) is -1.73. The van der Waals surface area contributed by atoms with Crippen molar-refractivity contribution in [1.29, 1.82) is 0 Å². The second kappa shape index (κ2) is 6.79. The van der Waals surface area contributed by atoms with Crippen molar-refractivity contribution in [3.8, 4) is 17.4 Å². The first kappa shape index (κ1) is 17.6. The van der Waals surface area contributed by atoms with E-state index in [1.807, 2.05) is 0 Å². The standard InChI is InChI=1S/C13H10ClF3N4O3/c14-6-1-8(23-5-13(15,16)17)12(21-3-6)24-9-4-20-10(18)2-7(9)11(19)22/h1-4H,5H2,(H2,18,20)(H2,19,22). The number of anilines is 1. The molecule has 4 N–H and O–H groups in total. The summed E-state index contributed by atoms with van der Waals surface area (Å²) in [6, 6.07) is 2.24. The number of hydrogen-bond acceptors (Lipinski definition) is 6. The van der Waals surface area contributed by atoms with Crippen LogP contribution in [0.5, 0.6) is 17.4 Å². The quantitative estimate of drug-likeness (QED) is 0.845. The third kappa shape index (κ3) is 4.62. The van der Waals surface area contributed by atoms with Gasteiger partial charge < -0.3 is 20.9 Å². The van der Waals surface area contributed by atoms with E-state index in [4.69, 9.17) is 27.8 Å². The number of halogens is 4. The van der Waals surface area contributed by atoms with Crippen molar-refractivity contribution < 1.29 is 27.4 Å². The number of nitrogens with zero attached hydrogens (tertiary/aromatic N) is 2. The highest BCUT2D eigenvalue weighted by atomic mass is 35.5. The zero-order valence-electron chi connectivity index (χ0n) is 11.8. The molecule has 11 heteroatoms. The van der Waals surface area contributed by atoms with Crippen LogP contribution in [0, 0.1) is 0 Å². The van der Waals surface area contributed by atoms with E-state index in [1.54, 1.807) is 0 Å². The Morgan fingerprint density at radius 1 is 1.21 bits per heavy atom. The van der Waals surface area contributed by atoms with Crippen molar-refractivity contribution >= 4 is 23.3 Å². The fraction of sp³-hybridized carbons (Fsp3) is 0.154. The molecule has 0 aromatic carbocycles. The van der Waals surface area contributed by atoms with E-state index < -0.39 is 18.7 Å². The molecule has 2 heterocycles. The number of pyridine rings is 2. The highest BCUT2D eigenvalue weighted by Gasteiger charge is 2.29. The Morgan fingerprint density at radius 2 is 1.92 bits per heavy atom. The van der Waals surface area contributed by atoms with Gasteiger partial charge in [-0.1, -0.05) is 11.6 Å². The first-order valence-electron chi connectivity index (χ1n) is 6.24. The van der Waals surface area contributed by atoms with Crippen molar-refractivity contribution in [2.75, 3.05) is 12.3 Å². The molecule has 128 valence electrons. The second-order valence-electron chi connectivity index (χ2n) is 4.43.